The van der Waals surface area contributed by atoms with Crippen LogP contribution in [0.3, 0.4) is 0 Å². The maximum atomic E-state index is 13.7. The molecule has 0 aliphatic carbocycles. The highest BCUT2D eigenvalue weighted by Gasteiger charge is 2.48. The van der Waals surface area contributed by atoms with E-state index in [1.807, 2.05) is 30.3 Å². The summed E-state index contributed by atoms with van der Waals surface area (Å²) in [5.41, 5.74) is 0.854. The Kier molecular flexibility index (Phi) is 6.16. The number of hydrogen-bond acceptors (Lipinski definition) is 4. The van der Waals surface area contributed by atoms with Crippen LogP contribution in [0.5, 0.6) is 0 Å². The predicted molar refractivity (Wildman–Crippen MR) is 88.6 cm³/mol. The molecule has 0 aromatic heterocycles. The number of thioether (sulfide) groups is 2. The molecule has 0 spiro atoms. The molecule has 0 radical (unpaired) electrons. The van der Waals surface area contributed by atoms with Gasteiger partial charge in [-0.05, 0) is 29.9 Å². The molecule has 0 bridgehead atoms. The van der Waals surface area contributed by atoms with Crippen LogP contribution in [-0.2, 0) is 11.2 Å². The van der Waals surface area contributed by atoms with Gasteiger partial charge in [0.15, 0.2) is 4.08 Å². The smallest absolute Gasteiger partial charge is 0.307 e. The summed E-state index contributed by atoms with van der Waals surface area (Å²) in [7, 11) is 0. The fraction of sp³-hybridized carbons (Fsp3) is 0.500. The third-order valence-corrected chi connectivity index (χ3v) is 7.17. The van der Waals surface area contributed by atoms with Gasteiger partial charge in [-0.2, -0.15) is 5.26 Å². The Morgan fingerprint density at radius 1 is 1.36 bits per heavy atom. The number of halogens is 1. The monoisotopic (exact) mass is 339 g/mol. The van der Waals surface area contributed by atoms with Crippen LogP contribution in [0.4, 0.5) is 4.39 Å². The number of alkyl halides is 1. The molecule has 22 heavy (non-hydrogen) atoms. The maximum Gasteiger partial charge on any atom is 0.307 e. The van der Waals surface area contributed by atoms with Gasteiger partial charge < -0.3 is 5.11 Å². The van der Waals surface area contributed by atoms with E-state index < -0.39 is 28.6 Å². The third-order valence-electron chi connectivity index (χ3n) is 3.83. The minimum Gasteiger partial charge on any atom is -0.481 e. The van der Waals surface area contributed by atoms with Gasteiger partial charge in [0.05, 0.1) is 18.7 Å². The Hall–Kier alpha value is -1.19. The summed E-state index contributed by atoms with van der Waals surface area (Å²) < 4.78 is 12.8. The van der Waals surface area contributed by atoms with E-state index in [1.54, 1.807) is 0 Å². The maximum absolute atomic E-state index is 13.7. The van der Waals surface area contributed by atoms with Crippen molar-refractivity contribution in [2.75, 3.05) is 18.2 Å². The lowest BCUT2D eigenvalue weighted by atomic mass is 9.85. The van der Waals surface area contributed by atoms with Crippen LogP contribution >= 0.6 is 23.5 Å². The highest BCUT2D eigenvalue weighted by atomic mass is 32.2. The summed E-state index contributed by atoms with van der Waals surface area (Å²) in [5.74, 6) is -1.20. The second-order valence-electron chi connectivity index (χ2n) is 5.23. The summed E-state index contributed by atoms with van der Waals surface area (Å²) >= 11 is 2.80. The van der Waals surface area contributed by atoms with E-state index in [9.17, 15) is 19.6 Å². The zero-order chi connectivity index (χ0) is 16.0. The van der Waals surface area contributed by atoms with Crippen molar-refractivity contribution in [3.63, 3.8) is 0 Å². The fourth-order valence-electron chi connectivity index (χ4n) is 2.65. The first-order chi connectivity index (χ1) is 10.6. The fourth-order valence-corrected chi connectivity index (χ4v) is 5.87. The van der Waals surface area contributed by atoms with Crippen LogP contribution in [0.25, 0.3) is 0 Å². The van der Waals surface area contributed by atoms with Gasteiger partial charge >= 0.3 is 5.97 Å². The number of nitriles is 1. The average molecular weight is 339 g/mol. The zero-order valence-corrected chi connectivity index (χ0v) is 13.7. The molecule has 0 saturated carbocycles. The van der Waals surface area contributed by atoms with Crippen molar-refractivity contribution in [1.29, 1.82) is 5.26 Å². The normalized spacial score (nSPS) is 19.8. The number of rotatable bonds is 6. The number of carboxylic acids is 1. The minimum absolute atomic E-state index is 0.245. The number of benzene rings is 1. The lowest BCUT2D eigenvalue weighted by Crippen LogP contribution is -2.42. The Bertz CT molecular complexity index is 541. The van der Waals surface area contributed by atoms with Crippen molar-refractivity contribution in [3.8, 4) is 6.07 Å². The third kappa shape index (κ3) is 3.76. The van der Waals surface area contributed by atoms with E-state index in [4.69, 9.17) is 0 Å². The first-order valence-electron chi connectivity index (χ1n) is 7.15. The van der Waals surface area contributed by atoms with Gasteiger partial charge in [0, 0.05) is 5.92 Å². The molecule has 2 atom stereocenters. The van der Waals surface area contributed by atoms with Gasteiger partial charge in [-0.15, -0.1) is 23.5 Å². The average Bonchev–Trinajstić information content (AvgIpc) is 2.56. The molecule has 1 N–H and O–H groups in total. The summed E-state index contributed by atoms with van der Waals surface area (Å²) in [6.07, 6.45) is 1.21. The molecule has 2 rings (SSSR count). The van der Waals surface area contributed by atoms with E-state index in [1.165, 1.54) is 23.5 Å². The molecule has 1 fully saturated rings. The number of aliphatic carboxylic acids is 1. The number of nitrogens with zero attached hydrogens (tertiary/aromatic N) is 1. The van der Waals surface area contributed by atoms with Crippen molar-refractivity contribution >= 4 is 29.5 Å². The molecule has 1 aromatic carbocycles. The standard InChI is InChI=1S/C16H18FNO2S2/c17-10-14(16(11-18)21-7-4-8-22-16)13(15(19)20)9-12-5-2-1-3-6-12/h1-3,5-6,13-14H,4,7-10H2,(H,19,20). The lowest BCUT2D eigenvalue weighted by molar-refractivity contribution is -0.143. The molecule has 1 aliphatic rings. The van der Waals surface area contributed by atoms with Crippen LogP contribution in [0.1, 0.15) is 12.0 Å². The Morgan fingerprint density at radius 3 is 2.50 bits per heavy atom. The summed E-state index contributed by atoms with van der Waals surface area (Å²) in [4.78, 5) is 11.7. The molecular weight excluding hydrogens is 321 g/mol. The van der Waals surface area contributed by atoms with Crippen molar-refractivity contribution in [3.05, 3.63) is 35.9 Å². The van der Waals surface area contributed by atoms with E-state index >= 15 is 0 Å². The first-order valence-corrected chi connectivity index (χ1v) is 9.12. The second kappa shape index (κ2) is 7.89. The van der Waals surface area contributed by atoms with Crippen LogP contribution in [0, 0.1) is 23.2 Å². The number of carboxylic acid groups (broad SMARTS) is 1. The second-order valence-corrected chi connectivity index (χ2v) is 8.17. The molecule has 0 amide bonds. The lowest BCUT2D eigenvalue weighted by Gasteiger charge is -2.38. The largest absolute Gasteiger partial charge is 0.481 e. The molecular formula is C16H18FNO2S2. The highest BCUT2D eigenvalue weighted by Crippen LogP contribution is 2.50. The summed E-state index contributed by atoms with van der Waals surface area (Å²) in [6.45, 7) is -0.794. The van der Waals surface area contributed by atoms with Gasteiger partial charge in [-0.3, -0.25) is 9.18 Å². The molecule has 118 valence electrons. The Morgan fingerprint density at radius 2 is 2.00 bits per heavy atom. The van der Waals surface area contributed by atoms with Crippen LogP contribution in [0.2, 0.25) is 0 Å². The van der Waals surface area contributed by atoms with Crippen LogP contribution in [0.15, 0.2) is 30.3 Å². The molecule has 1 saturated heterocycles. The van der Waals surface area contributed by atoms with Crippen molar-refractivity contribution < 1.29 is 14.3 Å². The van der Waals surface area contributed by atoms with Crippen molar-refractivity contribution in [2.24, 2.45) is 11.8 Å². The zero-order valence-electron chi connectivity index (χ0n) is 12.1. The van der Waals surface area contributed by atoms with E-state index in [0.717, 1.165) is 23.5 Å². The molecule has 3 nitrogen and oxygen atoms in total. The van der Waals surface area contributed by atoms with E-state index in [0.29, 0.717) is 0 Å². The van der Waals surface area contributed by atoms with E-state index in [-0.39, 0.29) is 6.42 Å². The molecule has 1 heterocycles. The summed E-state index contributed by atoms with van der Waals surface area (Å²) in [5, 5.41) is 19.2. The minimum atomic E-state index is -1.03. The van der Waals surface area contributed by atoms with Gasteiger partial charge in [-0.1, -0.05) is 30.3 Å². The Balaban J connectivity index is 2.27. The van der Waals surface area contributed by atoms with Crippen LogP contribution < -0.4 is 0 Å². The van der Waals surface area contributed by atoms with Gasteiger partial charge in [0.1, 0.15) is 0 Å². The van der Waals surface area contributed by atoms with Gasteiger partial charge in [0.25, 0.3) is 0 Å². The first kappa shape index (κ1) is 17.2. The SMILES string of the molecule is N#CC1(C(CF)C(Cc2ccccc2)C(=O)O)SCCCS1. The molecule has 1 aromatic rings. The van der Waals surface area contributed by atoms with Crippen LogP contribution in [-0.4, -0.2) is 33.3 Å². The Labute approximate surface area is 138 Å². The molecule has 1 aliphatic heterocycles. The number of hydrogen-bond donors (Lipinski definition) is 1. The van der Waals surface area contributed by atoms with Gasteiger partial charge in [0.2, 0.25) is 0 Å². The summed E-state index contributed by atoms with van der Waals surface area (Å²) in [6, 6.07) is 11.4. The quantitative estimate of drug-likeness (QED) is 0.858. The molecule has 2 unspecified atom stereocenters. The van der Waals surface area contributed by atoms with Gasteiger partial charge in [-0.25, -0.2) is 0 Å². The molecule has 6 heteroatoms. The van der Waals surface area contributed by atoms with E-state index in [2.05, 4.69) is 6.07 Å². The predicted octanol–water partition coefficient (Wildman–Crippen LogP) is 3.61. The topological polar surface area (TPSA) is 61.1 Å². The number of carbonyl (C=O) groups is 1. The van der Waals surface area contributed by atoms with Crippen molar-refractivity contribution in [1.82, 2.24) is 0 Å². The highest BCUT2D eigenvalue weighted by molar-refractivity contribution is 8.19. The van der Waals surface area contributed by atoms with Crippen molar-refractivity contribution in [2.45, 2.75) is 16.9 Å².